The van der Waals surface area contributed by atoms with Crippen LogP contribution in [0, 0.1) is 11.8 Å². The van der Waals surface area contributed by atoms with Crippen molar-refractivity contribution in [1.82, 2.24) is 23.6 Å². The van der Waals surface area contributed by atoms with Crippen LogP contribution in [-0.2, 0) is 40.9 Å². The molecule has 73 heavy (non-hydrogen) atoms. The first-order chi connectivity index (χ1) is 34.9. The Balaban J connectivity index is 0.000000186. The summed E-state index contributed by atoms with van der Waals surface area (Å²) in [4.78, 5) is 16.7. The normalized spacial score (nSPS) is 18.8. The van der Waals surface area contributed by atoms with Crippen molar-refractivity contribution in [3.8, 4) is 0 Å². The highest BCUT2D eigenvalue weighted by molar-refractivity contribution is 7.88. The van der Waals surface area contributed by atoms with Gasteiger partial charge in [0, 0.05) is 90.9 Å². The van der Waals surface area contributed by atoms with Gasteiger partial charge in [-0.3, -0.25) is 14.2 Å². The molecule has 2 saturated heterocycles. The number of benzene rings is 3. The molecule has 0 saturated carbocycles. The van der Waals surface area contributed by atoms with Gasteiger partial charge in [-0.15, -0.1) is 0 Å². The maximum absolute atomic E-state index is 12.2. The van der Waals surface area contributed by atoms with Crippen molar-refractivity contribution < 1.29 is 29.4 Å². The lowest BCUT2D eigenvalue weighted by Crippen LogP contribution is -2.39. The first-order valence-corrected chi connectivity index (χ1v) is 30.5. The SMILES string of the molecule is CS(=O)(=O)N1CCC(C2c3ccc(Cl)cc3C=C(CN(Cc3ccccc3)c3ccccn3)c3cccnc32)CC1.CS(=O)(=O)OCC1=Cc2cc(Cl)ccc2C(C2CCN(S(C)(=O)=O)CC2)c2ncccc21. The van der Waals surface area contributed by atoms with E-state index in [4.69, 9.17) is 42.3 Å². The van der Waals surface area contributed by atoms with E-state index in [0.717, 1.165) is 69.7 Å². The summed E-state index contributed by atoms with van der Waals surface area (Å²) in [7, 11) is -10.1. The number of halogens is 2. The van der Waals surface area contributed by atoms with Crippen molar-refractivity contribution in [2.45, 2.75) is 44.1 Å². The average molecular weight is 1080 g/mol. The quantitative estimate of drug-likeness (QED) is 0.107. The third kappa shape index (κ3) is 12.6. The molecular weight excluding hydrogens is 1020 g/mol. The van der Waals surface area contributed by atoms with E-state index in [1.54, 1.807) is 10.5 Å². The molecule has 4 aliphatic rings. The van der Waals surface area contributed by atoms with Crippen LogP contribution in [0.5, 0.6) is 0 Å². The van der Waals surface area contributed by atoms with E-state index in [-0.39, 0.29) is 30.3 Å². The summed E-state index contributed by atoms with van der Waals surface area (Å²) in [6.45, 7) is 3.20. The minimum absolute atomic E-state index is 0.0337. The molecule has 18 heteroatoms. The zero-order valence-electron chi connectivity index (χ0n) is 40.9. The summed E-state index contributed by atoms with van der Waals surface area (Å²) in [6, 6.07) is 36.2. The van der Waals surface area contributed by atoms with Gasteiger partial charge in [0.25, 0.3) is 10.1 Å². The molecule has 13 nitrogen and oxygen atoms in total. The molecule has 2 fully saturated rings. The van der Waals surface area contributed by atoms with Crippen LogP contribution in [0.15, 0.2) is 128 Å². The number of pyridine rings is 3. The van der Waals surface area contributed by atoms with Crippen LogP contribution in [0.1, 0.15) is 87.9 Å². The van der Waals surface area contributed by atoms with Gasteiger partial charge in [0.05, 0.1) is 36.8 Å². The Hall–Kier alpha value is -5.30. The van der Waals surface area contributed by atoms with Crippen molar-refractivity contribution in [1.29, 1.82) is 0 Å². The van der Waals surface area contributed by atoms with Gasteiger partial charge in [-0.05, 0) is 137 Å². The molecule has 0 N–H and O–H groups in total. The van der Waals surface area contributed by atoms with Gasteiger partial charge in [0.2, 0.25) is 20.0 Å². The zero-order chi connectivity index (χ0) is 51.5. The lowest BCUT2D eigenvalue weighted by molar-refractivity contribution is 0.256. The Kier molecular flexibility index (Phi) is 16.0. The summed E-state index contributed by atoms with van der Waals surface area (Å²) in [5.41, 5.74) is 11.1. The highest BCUT2D eigenvalue weighted by Crippen LogP contribution is 2.47. The lowest BCUT2D eigenvalue weighted by Gasteiger charge is -2.35. The summed E-state index contributed by atoms with van der Waals surface area (Å²) in [6.07, 6.45) is 16.1. The number of nitrogens with zero attached hydrogens (tertiary/aromatic N) is 6. The molecule has 0 radical (unpaired) electrons. The number of hydrogen-bond donors (Lipinski definition) is 0. The fourth-order valence-electron chi connectivity index (χ4n) is 10.8. The summed E-state index contributed by atoms with van der Waals surface area (Å²) < 4.78 is 80.0. The third-order valence-electron chi connectivity index (χ3n) is 14.2. The first-order valence-electron chi connectivity index (χ1n) is 24.2. The van der Waals surface area contributed by atoms with Gasteiger partial charge in [0.1, 0.15) is 5.82 Å². The monoisotopic (exact) mass is 1080 g/mol. The number of aromatic nitrogens is 3. The molecule has 5 heterocycles. The van der Waals surface area contributed by atoms with Gasteiger partial charge in [0.15, 0.2) is 0 Å². The number of fused-ring (bicyclic) bond motifs is 4. The predicted molar refractivity (Wildman–Crippen MR) is 292 cm³/mol. The van der Waals surface area contributed by atoms with E-state index < -0.39 is 30.2 Å². The minimum Gasteiger partial charge on any atom is -0.348 e. The molecule has 0 amide bonds. The molecule has 2 unspecified atom stereocenters. The summed E-state index contributed by atoms with van der Waals surface area (Å²) in [5.74, 6) is 1.29. The zero-order valence-corrected chi connectivity index (χ0v) is 44.8. The van der Waals surface area contributed by atoms with Crippen LogP contribution in [-0.4, -0.2) is 107 Å². The molecule has 2 aliphatic carbocycles. The van der Waals surface area contributed by atoms with Crippen LogP contribution < -0.4 is 4.90 Å². The van der Waals surface area contributed by atoms with Gasteiger partial charge in [-0.25, -0.2) is 30.4 Å². The maximum atomic E-state index is 12.2. The van der Waals surface area contributed by atoms with Gasteiger partial charge >= 0.3 is 0 Å². The molecule has 3 aromatic heterocycles. The van der Waals surface area contributed by atoms with Crippen molar-refractivity contribution in [3.05, 3.63) is 188 Å². The smallest absolute Gasteiger partial charge is 0.264 e. The van der Waals surface area contributed by atoms with E-state index in [9.17, 15) is 25.3 Å². The van der Waals surface area contributed by atoms with Crippen LogP contribution >= 0.6 is 23.2 Å². The number of sulfonamides is 2. The van der Waals surface area contributed by atoms with Crippen molar-refractivity contribution in [2.75, 3.05) is 63.0 Å². The number of hydrogen-bond acceptors (Lipinski definition) is 11. The van der Waals surface area contributed by atoms with Crippen molar-refractivity contribution >= 4 is 82.5 Å². The molecule has 3 aromatic carbocycles. The Morgan fingerprint density at radius 2 is 1.04 bits per heavy atom. The highest BCUT2D eigenvalue weighted by Gasteiger charge is 2.38. The Morgan fingerprint density at radius 1 is 0.562 bits per heavy atom. The van der Waals surface area contributed by atoms with Crippen LogP contribution in [0.2, 0.25) is 10.0 Å². The molecular formula is C55H58Cl2N6O7S3. The summed E-state index contributed by atoms with van der Waals surface area (Å²) >= 11 is 12.9. The van der Waals surface area contributed by atoms with Crippen LogP contribution in [0.4, 0.5) is 5.82 Å². The van der Waals surface area contributed by atoms with E-state index in [1.165, 1.54) is 27.9 Å². The van der Waals surface area contributed by atoms with Gasteiger partial charge in [-0.2, -0.15) is 8.42 Å². The summed E-state index contributed by atoms with van der Waals surface area (Å²) in [5, 5.41) is 1.27. The second-order valence-electron chi connectivity index (χ2n) is 19.2. The standard InChI is InChI=1S/C33H33ClN4O2S.C22H25ClN2O5S2/c1-41(39,40)38-18-14-25(15-19-38)32-29-13-12-28(34)21-26(29)20-27(30-10-7-17-36-33(30)32)23-37(31-11-5-6-16-35-31)22-24-8-3-2-4-9-24;1-31(26,27)25-10-7-15(8-11-25)21-19-6-5-18(23)13-16(19)12-17(14-30-32(2,28)29)20-4-3-9-24-22(20)21/h2-13,16-17,20-21,25,32H,14-15,18-19,22-23H2,1H3;3-6,9,12-13,15,21H,7-8,10-11,14H2,1-2H3. The molecule has 0 bridgehead atoms. The Bertz CT molecular complexity index is 3370. The van der Waals surface area contributed by atoms with E-state index >= 15 is 0 Å². The van der Waals surface area contributed by atoms with Crippen LogP contribution in [0.3, 0.4) is 0 Å². The van der Waals surface area contributed by atoms with Gasteiger partial charge < -0.3 is 4.90 Å². The maximum Gasteiger partial charge on any atom is 0.264 e. The number of anilines is 1. The molecule has 10 rings (SSSR count). The Morgan fingerprint density at radius 3 is 1.52 bits per heavy atom. The topological polar surface area (TPSA) is 160 Å². The van der Waals surface area contributed by atoms with Gasteiger partial charge in [-0.1, -0.05) is 83.9 Å². The minimum atomic E-state index is -3.63. The number of rotatable bonds is 12. The molecule has 0 spiro atoms. The van der Waals surface area contributed by atoms with E-state index in [1.807, 2.05) is 91.3 Å². The van der Waals surface area contributed by atoms with Crippen molar-refractivity contribution in [3.63, 3.8) is 0 Å². The number of piperidine rings is 2. The molecule has 6 aromatic rings. The third-order valence-corrected chi connectivity index (χ3v) is 17.9. The predicted octanol–water partition coefficient (Wildman–Crippen LogP) is 9.86. The highest BCUT2D eigenvalue weighted by atomic mass is 35.5. The first kappa shape index (κ1) is 52.6. The largest absolute Gasteiger partial charge is 0.348 e. The average Bonchev–Trinajstić information content (AvgIpc) is 3.59. The second kappa shape index (κ2) is 22.3. The van der Waals surface area contributed by atoms with E-state index in [0.29, 0.717) is 67.7 Å². The second-order valence-corrected chi connectivity index (χ2v) is 25.7. The fraction of sp³-hybridized carbons (Fsp3) is 0.327. The Labute approximate surface area is 439 Å². The molecule has 382 valence electrons. The van der Waals surface area contributed by atoms with Crippen LogP contribution in [0.25, 0.3) is 23.3 Å². The molecule has 2 atom stereocenters. The van der Waals surface area contributed by atoms with Crippen molar-refractivity contribution in [2.24, 2.45) is 11.8 Å². The van der Waals surface area contributed by atoms with E-state index in [2.05, 4.69) is 47.4 Å². The molecule has 2 aliphatic heterocycles. The fourth-order valence-corrected chi connectivity index (χ4v) is 13.3. The lowest BCUT2D eigenvalue weighted by atomic mass is 9.76.